The van der Waals surface area contributed by atoms with Gasteiger partial charge in [0.1, 0.15) is 49.7 Å². The molecule has 1 aromatic heterocycles. The normalized spacial score (nSPS) is 17.9. The van der Waals surface area contributed by atoms with Crippen molar-refractivity contribution in [3.05, 3.63) is 99.8 Å². The molecule has 2 fully saturated rings. The molecular weight excluding hydrogens is 754 g/mol. The Balaban J connectivity index is 1.12. The second kappa shape index (κ2) is 17.6. The molecule has 1 atom stereocenters. The molecule has 0 amide bonds. The first-order valence-electron chi connectivity index (χ1n) is 18.9. The molecule has 0 spiro atoms. The summed E-state index contributed by atoms with van der Waals surface area (Å²) in [4.78, 5) is 22.0. The average Bonchev–Trinajstić information content (AvgIpc) is 3.20. The maximum Gasteiger partial charge on any atom is 0.221 e. The molecule has 0 bridgehead atoms. The fraction of sp³-hybridized carbons (Fsp3) is 0.405. The summed E-state index contributed by atoms with van der Waals surface area (Å²) in [6.07, 6.45) is 5.41. The minimum atomic E-state index is -3.74. The summed E-state index contributed by atoms with van der Waals surface area (Å²) in [5, 5.41) is 9.79. The zero-order valence-electron chi connectivity index (χ0n) is 31.7. The van der Waals surface area contributed by atoms with E-state index in [-0.39, 0.29) is 19.0 Å². The molecule has 12 nitrogen and oxygen atoms in total. The summed E-state index contributed by atoms with van der Waals surface area (Å²) in [5.41, 5.74) is 5.93. The summed E-state index contributed by atoms with van der Waals surface area (Å²) in [7, 11) is -1.78. The number of carbonyl (C=O) groups excluding carboxylic acids is 1. The van der Waals surface area contributed by atoms with E-state index in [1.165, 1.54) is 10.5 Å². The number of piperidine rings is 1. The highest BCUT2D eigenvalue weighted by molar-refractivity contribution is 7.89. The third-order valence-electron chi connectivity index (χ3n) is 10.7. The third kappa shape index (κ3) is 9.28. The number of Topliss-reactive ketones (excluding diaryl/α,β-unsaturated/α-hetero) is 1. The number of ether oxygens (including phenoxy) is 4. The van der Waals surface area contributed by atoms with Crippen molar-refractivity contribution in [2.24, 2.45) is 0 Å². The minimum Gasteiger partial charge on any atom is -0.488 e. The Kier molecular flexibility index (Phi) is 12.4. The van der Waals surface area contributed by atoms with Crippen molar-refractivity contribution in [1.29, 1.82) is 5.26 Å². The van der Waals surface area contributed by atoms with E-state index >= 15 is 0 Å². The number of ketones is 1. The number of likely N-dealkylation sites (N-methyl/N-ethyl adjacent to an activating group) is 1. The van der Waals surface area contributed by atoms with Gasteiger partial charge in [0.15, 0.2) is 17.3 Å². The van der Waals surface area contributed by atoms with Crippen LogP contribution in [0.1, 0.15) is 47.1 Å². The van der Waals surface area contributed by atoms with Crippen LogP contribution in [-0.4, -0.2) is 98.1 Å². The lowest BCUT2D eigenvalue weighted by Gasteiger charge is -2.36. The molecular formula is C42H46ClN5O7S. The second-order valence-electron chi connectivity index (χ2n) is 14.5. The summed E-state index contributed by atoms with van der Waals surface area (Å²) < 4.78 is 52.4. The SMILES string of the molecule is Cc1c(COc2cc(OCc3cncc(C#N)c3)c(CN3CCCC[C@H]3C(=O)CS(=O)(=O)N3CCN(C)CC3)cc2Cl)cccc1-c1ccc2c(c1)OCCO2. The lowest BCUT2D eigenvalue weighted by atomic mass is 9.96. The van der Waals surface area contributed by atoms with Gasteiger partial charge in [0.25, 0.3) is 0 Å². The number of aromatic nitrogens is 1. The molecule has 7 rings (SSSR count). The molecule has 4 heterocycles. The van der Waals surface area contributed by atoms with E-state index in [0.29, 0.717) is 86.6 Å². The number of nitriles is 1. The Hall–Kier alpha value is -4.71. The van der Waals surface area contributed by atoms with E-state index in [0.717, 1.165) is 52.2 Å². The van der Waals surface area contributed by atoms with Gasteiger partial charge >= 0.3 is 0 Å². The number of nitrogens with zero attached hydrogens (tertiary/aromatic N) is 5. The number of carbonyl (C=O) groups is 1. The van der Waals surface area contributed by atoms with Gasteiger partial charge in [-0.25, -0.2) is 8.42 Å². The third-order valence-corrected chi connectivity index (χ3v) is 12.8. The first-order valence-corrected chi connectivity index (χ1v) is 20.9. The fourth-order valence-electron chi connectivity index (χ4n) is 7.45. The summed E-state index contributed by atoms with van der Waals surface area (Å²) in [6.45, 7) is 6.42. The maximum atomic E-state index is 13.7. The quantitative estimate of drug-likeness (QED) is 0.157. The van der Waals surface area contributed by atoms with Gasteiger partial charge in [-0.2, -0.15) is 9.57 Å². The lowest BCUT2D eigenvalue weighted by molar-refractivity contribution is -0.123. The van der Waals surface area contributed by atoms with E-state index in [1.54, 1.807) is 24.4 Å². The Morgan fingerprint density at radius 2 is 1.71 bits per heavy atom. The van der Waals surface area contributed by atoms with E-state index < -0.39 is 21.8 Å². The first kappa shape index (κ1) is 39.5. The van der Waals surface area contributed by atoms with E-state index in [2.05, 4.69) is 28.9 Å². The Labute approximate surface area is 333 Å². The van der Waals surface area contributed by atoms with Crippen LogP contribution < -0.4 is 18.9 Å². The van der Waals surface area contributed by atoms with Crippen LogP contribution in [0.15, 0.2) is 67.0 Å². The van der Waals surface area contributed by atoms with Crippen molar-refractivity contribution in [3.63, 3.8) is 0 Å². The zero-order chi connectivity index (χ0) is 39.2. The van der Waals surface area contributed by atoms with Crippen LogP contribution in [0.5, 0.6) is 23.0 Å². The molecule has 3 aliphatic heterocycles. The monoisotopic (exact) mass is 799 g/mol. The summed E-state index contributed by atoms with van der Waals surface area (Å²) >= 11 is 6.93. The molecule has 294 valence electrons. The first-order chi connectivity index (χ1) is 27.1. The fourth-order valence-corrected chi connectivity index (χ4v) is 9.14. The number of sulfonamides is 1. The van der Waals surface area contributed by atoms with Gasteiger partial charge in [-0.05, 0) is 79.9 Å². The molecule has 0 radical (unpaired) electrons. The van der Waals surface area contributed by atoms with Crippen molar-refractivity contribution in [3.8, 4) is 40.2 Å². The Morgan fingerprint density at radius 1 is 0.929 bits per heavy atom. The van der Waals surface area contributed by atoms with Crippen LogP contribution in [0.25, 0.3) is 11.1 Å². The highest BCUT2D eigenvalue weighted by atomic mass is 35.5. The minimum absolute atomic E-state index is 0.124. The number of benzene rings is 3. The van der Waals surface area contributed by atoms with Crippen LogP contribution in [0.3, 0.4) is 0 Å². The van der Waals surface area contributed by atoms with Crippen molar-refractivity contribution in [2.45, 2.75) is 52.0 Å². The number of pyridine rings is 1. The van der Waals surface area contributed by atoms with Crippen LogP contribution in [0, 0.1) is 18.3 Å². The number of piperazine rings is 1. The number of hydrogen-bond donors (Lipinski definition) is 0. The largest absolute Gasteiger partial charge is 0.488 e. The van der Waals surface area contributed by atoms with Crippen LogP contribution >= 0.6 is 11.6 Å². The Morgan fingerprint density at radius 3 is 2.52 bits per heavy atom. The summed E-state index contributed by atoms with van der Waals surface area (Å²) in [6, 6.07) is 18.9. The number of halogens is 1. The lowest BCUT2D eigenvalue weighted by Crippen LogP contribution is -2.51. The van der Waals surface area contributed by atoms with Gasteiger partial charge in [0.05, 0.1) is 16.6 Å². The van der Waals surface area contributed by atoms with Crippen LogP contribution in [0.4, 0.5) is 0 Å². The van der Waals surface area contributed by atoms with Crippen molar-refractivity contribution in [1.82, 2.24) is 19.1 Å². The van der Waals surface area contributed by atoms with Gasteiger partial charge < -0.3 is 23.8 Å². The van der Waals surface area contributed by atoms with Gasteiger partial charge in [-0.15, -0.1) is 0 Å². The average molecular weight is 800 g/mol. The molecule has 0 N–H and O–H groups in total. The molecule has 56 heavy (non-hydrogen) atoms. The number of hydrogen-bond acceptors (Lipinski definition) is 11. The molecule has 3 aliphatic rings. The van der Waals surface area contributed by atoms with Crippen molar-refractivity contribution >= 4 is 27.4 Å². The van der Waals surface area contributed by atoms with Gasteiger partial charge in [0.2, 0.25) is 10.0 Å². The molecule has 0 saturated carbocycles. The predicted molar refractivity (Wildman–Crippen MR) is 213 cm³/mol. The van der Waals surface area contributed by atoms with Crippen molar-refractivity contribution in [2.75, 3.05) is 58.7 Å². The van der Waals surface area contributed by atoms with Crippen molar-refractivity contribution < 1.29 is 32.2 Å². The maximum absolute atomic E-state index is 13.7. The van der Waals surface area contributed by atoms with Gasteiger partial charge in [0, 0.05) is 62.3 Å². The van der Waals surface area contributed by atoms with Gasteiger partial charge in [-0.3, -0.25) is 14.7 Å². The van der Waals surface area contributed by atoms with Crippen LogP contribution in [0.2, 0.25) is 5.02 Å². The molecule has 14 heteroatoms. The second-order valence-corrected chi connectivity index (χ2v) is 16.9. The number of fused-ring (bicyclic) bond motifs is 1. The number of likely N-dealkylation sites (tertiary alicyclic amines) is 1. The molecule has 3 aromatic carbocycles. The molecule has 2 saturated heterocycles. The predicted octanol–water partition coefficient (Wildman–Crippen LogP) is 6.01. The highest BCUT2D eigenvalue weighted by Gasteiger charge is 2.35. The molecule has 0 unspecified atom stereocenters. The number of rotatable bonds is 13. The molecule has 4 aromatic rings. The molecule has 0 aliphatic carbocycles. The van der Waals surface area contributed by atoms with Crippen LogP contribution in [-0.2, 0) is 34.6 Å². The standard InChI is InChI=1S/C42H46ClN5O7S/c1-29-33(6-5-7-35(29)32-9-10-39-42(20-32)53-17-16-52-39)27-55-41-21-40(54-26-31-18-30(22-44)23-45-24-31)34(19-36(41)43)25-47-11-4-3-8-37(47)38(49)28-56(50,51)48-14-12-46(2)13-15-48/h5-7,9-10,18-21,23-24,37H,3-4,8,11-17,25-28H2,1-2H3/t37-/m0/s1. The smallest absolute Gasteiger partial charge is 0.221 e. The van der Waals surface area contributed by atoms with E-state index in [1.807, 2.05) is 42.3 Å². The van der Waals surface area contributed by atoms with E-state index in [4.69, 9.17) is 30.5 Å². The highest BCUT2D eigenvalue weighted by Crippen LogP contribution is 2.38. The zero-order valence-corrected chi connectivity index (χ0v) is 33.3. The summed E-state index contributed by atoms with van der Waals surface area (Å²) in [5.74, 6) is 1.55. The Bertz CT molecular complexity index is 2220. The van der Waals surface area contributed by atoms with Gasteiger partial charge in [-0.1, -0.05) is 42.3 Å². The topological polar surface area (TPSA) is 135 Å². The van der Waals surface area contributed by atoms with E-state index in [9.17, 15) is 18.5 Å².